The molecule has 5 saturated heterocycles. The number of H-pyrrole nitrogens is 1. The van der Waals surface area contributed by atoms with E-state index >= 15 is 4.79 Å². The summed E-state index contributed by atoms with van der Waals surface area (Å²) in [4.78, 5) is 47.2. The molecule has 0 radical (unpaired) electrons. The molecule has 4 aromatic rings. The van der Waals surface area contributed by atoms with Crippen LogP contribution < -0.4 is 14.8 Å². The molecule has 492 valence electrons. The number of aromatic hydroxyl groups is 2. The Bertz CT molecular complexity index is 3170. The van der Waals surface area contributed by atoms with Crippen molar-refractivity contribution in [1.82, 2.24) is 10.3 Å². The van der Waals surface area contributed by atoms with E-state index in [-0.39, 0.29) is 78.2 Å². The van der Waals surface area contributed by atoms with Crippen LogP contribution in [0.2, 0.25) is 0 Å². The number of ether oxygens (including phenoxy) is 13. The number of rotatable bonds is 18. The molecule has 27 nitrogen and oxygen atoms in total. The third kappa shape index (κ3) is 13.7. The van der Waals surface area contributed by atoms with Gasteiger partial charge >= 0.3 is 5.97 Å². The van der Waals surface area contributed by atoms with E-state index in [1.807, 2.05) is 0 Å². The summed E-state index contributed by atoms with van der Waals surface area (Å²) < 4.78 is 78.3. The molecule has 89 heavy (non-hydrogen) atoms. The molecule has 5 fully saturated rings. The molecule has 0 saturated carbocycles. The Morgan fingerprint density at radius 1 is 0.719 bits per heavy atom. The van der Waals surface area contributed by atoms with Gasteiger partial charge in [0, 0.05) is 74.2 Å². The van der Waals surface area contributed by atoms with E-state index in [4.69, 9.17) is 61.6 Å². The molecule has 27 heteroatoms. The topological polar surface area (TPSA) is 381 Å². The molecule has 10 rings (SSSR count). The number of carbonyl (C=O) groups excluding carboxylic acids is 3. The van der Waals surface area contributed by atoms with E-state index in [9.17, 15) is 55.5 Å². The van der Waals surface area contributed by atoms with Gasteiger partial charge in [-0.25, -0.2) is 4.79 Å². The maximum atomic E-state index is 15.5. The van der Waals surface area contributed by atoms with Crippen LogP contribution in [0.25, 0.3) is 21.7 Å². The number of aromatic nitrogens is 1. The molecule has 0 unspecified atom stereocenters. The van der Waals surface area contributed by atoms with Crippen LogP contribution in [0.15, 0.2) is 36.5 Å². The zero-order valence-corrected chi connectivity index (χ0v) is 51.2. The molecule has 24 atom stereocenters. The second-order valence-corrected chi connectivity index (χ2v) is 24.6. The number of hydrogen-bond donors (Lipinski definition) is 11. The largest absolute Gasteiger partial charge is 0.507 e. The highest BCUT2D eigenvalue weighted by Gasteiger charge is 2.51. The number of amides is 1. The first-order valence-electron chi connectivity index (χ1n) is 30.2. The van der Waals surface area contributed by atoms with E-state index in [1.165, 1.54) is 41.2 Å². The molecule has 6 aliphatic rings. The van der Waals surface area contributed by atoms with E-state index in [0.29, 0.717) is 16.7 Å². The van der Waals surface area contributed by atoms with Crippen molar-refractivity contribution in [3.05, 3.63) is 58.8 Å². The summed E-state index contributed by atoms with van der Waals surface area (Å²) in [5, 5.41) is 104. The number of phenolic OH excluding ortho intramolecular Hbond substituents is 2. The Kier molecular flexibility index (Phi) is 20.2. The highest BCUT2D eigenvalue weighted by Crippen LogP contribution is 2.48. The summed E-state index contributed by atoms with van der Waals surface area (Å²) in [5.74, 6) is -4.19. The Morgan fingerprint density at radius 3 is 1.87 bits per heavy atom. The first-order chi connectivity index (χ1) is 42.2. The number of nitrogens with one attached hydrogen (secondary N) is 2. The van der Waals surface area contributed by atoms with Crippen LogP contribution in [0.5, 0.6) is 23.0 Å². The van der Waals surface area contributed by atoms with Crippen LogP contribution in [-0.2, 0) is 74.5 Å². The van der Waals surface area contributed by atoms with Crippen LogP contribution in [0.4, 0.5) is 0 Å². The second-order valence-electron chi connectivity index (χ2n) is 24.6. The molecule has 1 aliphatic carbocycles. The molecular formula is C62H84N2O25. The van der Waals surface area contributed by atoms with Gasteiger partial charge in [0.2, 0.25) is 12.2 Å². The first kappa shape index (κ1) is 66.5. The summed E-state index contributed by atoms with van der Waals surface area (Å²) >= 11 is 0. The minimum atomic E-state index is -1.68. The van der Waals surface area contributed by atoms with Gasteiger partial charge in [0.1, 0.15) is 71.8 Å². The molecule has 0 bridgehead atoms. The lowest BCUT2D eigenvalue weighted by Crippen LogP contribution is -2.58. The molecular weight excluding hydrogens is 1170 g/mol. The Morgan fingerprint density at radius 2 is 1.28 bits per heavy atom. The zero-order valence-electron chi connectivity index (χ0n) is 51.2. The van der Waals surface area contributed by atoms with E-state index < -0.39 is 176 Å². The second kappa shape index (κ2) is 27.0. The summed E-state index contributed by atoms with van der Waals surface area (Å²) in [7, 11) is 3.94. The van der Waals surface area contributed by atoms with Crippen molar-refractivity contribution in [2.24, 2.45) is 5.92 Å². The smallest absolute Gasteiger partial charge is 0.328 e. The summed E-state index contributed by atoms with van der Waals surface area (Å²) in [6.07, 6.45) is -22.3. The Balaban J connectivity index is 0.941. The number of aromatic amines is 1. The summed E-state index contributed by atoms with van der Waals surface area (Å²) in [6, 6.07) is 7.13. The fraction of sp³-hybridized carbons (Fsp3) is 0.661. The van der Waals surface area contributed by atoms with Crippen molar-refractivity contribution in [3.8, 4) is 23.0 Å². The van der Waals surface area contributed by atoms with Crippen LogP contribution in [0.1, 0.15) is 101 Å². The Labute approximate surface area is 513 Å². The van der Waals surface area contributed by atoms with Crippen molar-refractivity contribution in [1.29, 1.82) is 0 Å². The maximum absolute atomic E-state index is 15.5. The fourth-order valence-corrected chi connectivity index (χ4v) is 13.2. The van der Waals surface area contributed by atoms with Gasteiger partial charge in [0.05, 0.1) is 85.7 Å². The van der Waals surface area contributed by atoms with Crippen LogP contribution in [0.3, 0.4) is 0 Å². The van der Waals surface area contributed by atoms with Crippen LogP contribution in [-0.4, -0.2) is 231 Å². The summed E-state index contributed by atoms with van der Waals surface area (Å²) in [5.41, 5.74) is -0.109. The highest BCUT2D eigenvalue weighted by atomic mass is 16.7. The number of esters is 1. The number of carbonyl (C=O) groups is 3. The maximum Gasteiger partial charge on any atom is 0.328 e. The normalized spacial score (nSPS) is 37.5. The predicted molar refractivity (Wildman–Crippen MR) is 308 cm³/mol. The van der Waals surface area contributed by atoms with Gasteiger partial charge in [-0.05, 0) is 102 Å². The third-order valence-electron chi connectivity index (χ3n) is 18.3. The van der Waals surface area contributed by atoms with E-state index in [1.54, 1.807) is 65.1 Å². The molecule has 1 aromatic heterocycles. The van der Waals surface area contributed by atoms with Crippen molar-refractivity contribution in [2.75, 3.05) is 21.3 Å². The lowest BCUT2D eigenvalue weighted by Gasteiger charge is -2.46. The Hall–Kier alpha value is -5.41. The molecule has 6 heterocycles. The van der Waals surface area contributed by atoms with Crippen molar-refractivity contribution < 1.29 is 122 Å². The van der Waals surface area contributed by atoms with Crippen LogP contribution in [0, 0.1) is 12.8 Å². The van der Waals surface area contributed by atoms with Gasteiger partial charge in [-0.3, -0.25) is 9.59 Å². The van der Waals surface area contributed by atoms with E-state index in [2.05, 4.69) is 10.3 Å². The standard InChI is InChI=1S/C62H84N2O25/c1-24-39(85-44-19-40(52(68)26(3)81-44)86-43-18-38(65)51(67)25(2)80-43)16-31-13-30-14-35(58(78-9)60(74)64-37(61(75)79-10)15-32-23-63-36-12-11-33(77-8)17-34(32)36)57(56(72)49(30)55(71)48(31)50(24)66)89-46-21-41(53(69)28(5)83-46)87-45-20-42(54(70)27(4)82-45)88-47-22-62(7,76)59(73)29(6)84-47/h11-13,16-17,23,25-29,35,37-38,40-47,51-54,57-59,63,65-71,73,76H,14-15,18-22H2,1-10H3,(H,64,74)/t25-,26-,27-,28-,29-,35-,37+,38-,40-,41-,42-,43+,44+,45+,46+,47+,51-,52-,53-,54+,57+,58+,59-,62+/m1/s1. The number of hydrogen-bond acceptors (Lipinski definition) is 25. The molecule has 5 aliphatic heterocycles. The predicted octanol–water partition coefficient (Wildman–Crippen LogP) is 1.83. The van der Waals surface area contributed by atoms with Crippen molar-refractivity contribution >= 4 is 39.3 Å². The monoisotopic (exact) mass is 1260 g/mol. The first-order valence-corrected chi connectivity index (χ1v) is 30.2. The lowest BCUT2D eigenvalue weighted by molar-refractivity contribution is -0.334. The van der Waals surface area contributed by atoms with Gasteiger partial charge in [-0.1, -0.05) is 0 Å². The van der Waals surface area contributed by atoms with Gasteiger partial charge in [-0.2, -0.15) is 0 Å². The van der Waals surface area contributed by atoms with Crippen molar-refractivity contribution in [3.63, 3.8) is 0 Å². The number of ketones is 1. The zero-order chi connectivity index (χ0) is 64.2. The number of aliphatic hydroxyl groups is 7. The average molecular weight is 1260 g/mol. The minimum absolute atomic E-state index is 0.0473. The van der Waals surface area contributed by atoms with Gasteiger partial charge < -0.3 is 118 Å². The SMILES string of the molecule is COC(=O)[C@H](Cc1c[nH]c2ccc(OC)cc12)NC(=O)[C@@H](OC)[C@@H]1Cc2cc3cc(O[C@H]4C[C@@H](O[C@H]5C[C@@H](O)[C@H](O)[C@@H](C)O5)[C@H](O)[C@@H](C)O4)c(C)c(O)c3c(O)c2C(=O)[C@H]1O[C@H]1C[C@@H](O[C@H]2C[C@@H](O[C@H]3C[C@](C)(O)[C@H](O)[C@@H](C)O3)[C@@H](O)[C@@H](C)O2)[C@H](O)[C@@H](C)O1. The van der Waals surface area contributed by atoms with Gasteiger partial charge in [-0.15, -0.1) is 0 Å². The number of Topliss-reactive ketones (excluding diaryl/α,β-unsaturated/α-hetero) is 1. The summed E-state index contributed by atoms with van der Waals surface area (Å²) in [6.45, 7) is 10.9. The quantitative estimate of drug-likeness (QED) is 0.0633. The highest BCUT2D eigenvalue weighted by molar-refractivity contribution is 6.11. The lowest BCUT2D eigenvalue weighted by atomic mass is 9.76. The fourth-order valence-electron chi connectivity index (χ4n) is 13.2. The molecule has 3 aromatic carbocycles. The molecule has 0 spiro atoms. The van der Waals surface area contributed by atoms with E-state index in [0.717, 1.165) is 5.52 Å². The number of aliphatic hydroxyl groups excluding tert-OH is 6. The minimum Gasteiger partial charge on any atom is -0.507 e. The molecule has 11 N–H and O–H groups in total. The molecule has 1 amide bonds. The third-order valence-corrected chi connectivity index (χ3v) is 18.3. The van der Waals surface area contributed by atoms with Crippen molar-refractivity contribution in [2.45, 2.75) is 234 Å². The van der Waals surface area contributed by atoms with Gasteiger partial charge in [0.15, 0.2) is 30.9 Å². The van der Waals surface area contributed by atoms with Crippen LogP contribution >= 0.6 is 0 Å². The number of fused-ring (bicyclic) bond motifs is 3. The number of phenols is 2. The number of methoxy groups -OCH3 is 3. The van der Waals surface area contributed by atoms with Gasteiger partial charge in [0.25, 0.3) is 0 Å². The average Bonchev–Trinajstić information content (AvgIpc) is 1.26. The number of benzene rings is 3.